The van der Waals surface area contributed by atoms with Gasteiger partial charge in [-0.2, -0.15) is 0 Å². The second-order valence-electron chi connectivity index (χ2n) is 27.4. The number of ether oxygens (including phenoxy) is 1. The number of pyridine rings is 1. The lowest BCUT2D eigenvalue weighted by Crippen LogP contribution is -2.25. The van der Waals surface area contributed by atoms with E-state index in [4.69, 9.17) is 9.72 Å². The van der Waals surface area contributed by atoms with E-state index in [0.29, 0.717) is 6.67 Å². The summed E-state index contributed by atoms with van der Waals surface area (Å²) in [4.78, 5) is 10.2. The monoisotopic (exact) mass is 1110 g/mol. The molecule has 0 radical (unpaired) electrons. The van der Waals surface area contributed by atoms with E-state index in [1.165, 1.54) is 78.0 Å². The number of para-hydroxylation sites is 1. The maximum absolute atomic E-state index is 7.40. The molecule has 1 aliphatic rings. The molecule has 12 rings (SSSR count). The average Bonchev–Trinajstić information content (AvgIpc) is 2.34. The zero-order valence-electron chi connectivity index (χ0n) is 52.3. The van der Waals surface area contributed by atoms with Crippen molar-refractivity contribution in [1.29, 1.82) is 0 Å². The van der Waals surface area contributed by atoms with Gasteiger partial charge in [0.25, 0.3) is 0 Å². The largest absolute Gasteiger partial charge is 0.457 e. The minimum atomic E-state index is -0.286. The van der Waals surface area contributed by atoms with Crippen LogP contribution in [0.3, 0.4) is 0 Å². The fraction of sp³-hybridized carbons (Fsp3) is 0.263. The molecule has 5 nitrogen and oxygen atoms in total. The van der Waals surface area contributed by atoms with Crippen LogP contribution in [0.1, 0.15) is 153 Å². The van der Waals surface area contributed by atoms with E-state index < -0.39 is 0 Å². The van der Waals surface area contributed by atoms with Gasteiger partial charge in [0.1, 0.15) is 24.0 Å². The molecule has 0 saturated carbocycles. The quantitative estimate of drug-likeness (QED) is 0.115. The Labute approximate surface area is 505 Å². The zero-order chi connectivity index (χ0) is 59.7. The molecule has 11 aromatic rings. The number of aromatic nitrogens is 2. The van der Waals surface area contributed by atoms with E-state index in [0.717, 1.165) is 50.7 Å². The third-order valence-corrected chi connectivity index (χ3v) is 18.1. The van der Waals surface area contributed by atoms with E-state index in [-0.39, 0.29) is 33.5 Å². The van der Waals surface area contributed by atoms with Gasteiger partial charge in [-0.05, 0) is 156 Å². The van der Waals surface area contributed by atoms with Crippen LogP contribution in [0.15, 0.2) is 219 Å². The second-order valence-corrected chi connectivity index (χ2v) is 27.4. The van der Waals surface area contributed by atoms with Gasteiger partial charge in [0.2, 0.25) is 0 Å². The fourth-order valence-corrected chi connectivity index (χ4v) is 13.1. The Morgan fingerprint density at radius 1 is 0.400 bits per heavy atom. The molecule has 3 heterocycles. The Kier molecular flexibility index (Phi) is 14.5. The normalized spacial score (nSPS) is 13.2. The number of hydrogen-bond acceptors (Lipinski definition) is 4. The Morgan fingerprint density at radius 3 is 1.52 bits per heavy atom. The molecule has 1 aliphatic heterocycles. The predicted molar refractivity (Wildman–Crippen MR) is 361 cm³/mol. The molecule has 9 aromatic carbocycles. The van der Waals surface area contributed by atoms with Gasteiger partial charge in [-0.25, -0.2) is 4.98 Å². The van der Waals surface area contributed by atoms with Gasteiger partial charge in [0.15, 0.2) is 0 Å². The molecule has 0 atom stereocenters. The van der Waals surface area contributed by atoms with Crippen LogP contribution in [0.5, 0.6) is 11.5 Å². The standard InChI is InChI=1S/C80H82N4O/c1-52(2)65-34-26-35-66(53(3)4)76(65)56-43-62(47-64(44-56)85-63-37-38-68-67-33-24-25-36-71(67)84(72(68)48-63)75-46-59(39-40-81-75)79(11,12)57-29-20-16-21-30-57)83-51-82(73-49-69(77(5,6)7)70(50-74(73)83)78(8,9)10)61-42-55(54-27-18-15-19-28-54)41-60(45-61)80(13,14)58-31-22-17-23-32-58/h15-50,52-53H,51H2,1-14H3. The molecule has 0 N–H and O–H groups in total. The minimum absolute atomic E-state index is 0.123. The van der Waals surface area contributed by atoms with Crippen molar-refractivity contribution in [2.45, 2.75) is 130 Å². The Hall–Kier alpha value is -8.67. The summed E-state index contributed by atoms with van der Waals surface area (Å²) in [5.74, 6) is 2.97. The van der Waals surface area contributed by atoms with Crippen molar-refractivity contribution >= 4 is 44.6 Å². The van der Waals surface area contributed by atoms with Crippen molar-refractivity contribution in [2.75, 3.05) is 16.5 Å². The van der Waals surface area contributed by atoms with Crippen LogP contribution in [0.25, 0.3) is 49.9 Å². The molecule has 0 bridgehead atoms. The van der Waals surface area contributed by atoms with Gasteiger partial charge in [-0.3, -0.25) is 4.57 Å². The molecule has 2 aromatic heterocycles. The lowest BCUT2D eigenvalue weighted by Gasteiger charge is -2.32. The van der Waals surface area contributed by atoms with E-state index in [9.17, 15) is 0 Å². The van der Waals surface area contributed by atoms with Crippen molar-refractivity contribution in [2.24, 2.45) is 0 Å². The zero-order valence-corrected chi connectivity index (χ0v) is 52.3. The number of rotatable bonds is 13. The summed E-state index contributed by atoms with van der Waals surface area (Å²) >= 11 is 0. The molecule has 85 heavy (non-hydrogen) atoms. The maximum Gasteiger partial charge on any atom is 0.137 e. The van der Waals surface area contributed by atoms with Gasteiger partial charge in [-0.15, -0.1) is 0 Å². The highest BCUT2D eigenvalue weighted by atomic mass is 16.5. The molecule has 0 unspecified atom stereocenters. The van der Waals surface area contributed by atoms with Gasteiger partial charge >= 0.3 is 0 Å². The van der Waals surface area contributed by atoms with Crippen LogP contribution in [-0.4, -0.2) is 16.2 Å². The highest BCUT2D eigenvalue weighted by molar-refractivity contribution is 6.09. The molecule has 428 valence electrons. The van der Waals surface area contributed by atoms with Crippen molar-refractivity contribution in [1.82, 2.24) is 9.55 Å². The second kappa shape index (κ2) is 21.8. The Bertz CT molecular complexity index is 4240. The van der Waals surface area contributed by atoms with Gasteiger partial charge in [-0.1, -0.05) is 230 Å². The third kappa shape index (κ3) is 10.6. The van der Waals surface area contributed by atoms with Crippen molar-refractivity contribution in [3.8, 4) is 39.6 Å². The van der Waals surface area contributed by atoms with Crippen LogP contribution in [0.4, 0.5) is 22.7 Å². The first kappa shape index (κ1) is 56.8. The fourth-order valence-electron chi connectivity index (χ4n) is 13.1. The Balaban J connectivity index is 1.06. The SMILES string of the molecule is CC(C)c1cccc(C(C)C)c1-c1cc(Oc2ccc3c4ccccc4n(-c4cc(C(C)(C)c5ccccc5)ccn4)c3c2)cc(N2CN(c3cc(-c4ccccc4)cc(C(C)(C)c4ccccc4)c3)c3cc(C(C)(C)C)c(C(C)(C)C)cc32)c1. The summed E-state index contributed by atoms with van der Waals surface area (Å²) in [6.07, 6.45) is 1.96. The van der Waals surface area contributed by atoms with Crippen LogP contribution in [0.2, 0.25) is 0 Å². The topological polar surface area (TPSA) is 33.5 Å². The van der Waals surface area contributed by atoms with Crippen LogP contribution in [0, 0.1) is 0 Å². The molecule has 0 spiro atoms. The molecule has 5 heteroatoms. The average molecular weight is 1120 g/mol. The third-order valence-electron chi connectivity index (χ3n) is 18.1. The summed E-state index contributed by atoms with van der Waals surface area (Å²) < 4.78 is 9.71. The van der Waals surface area contributed by atoms with Gasteiger partial charge in [0.05, 0.1) is 22.4 Å². The smallest absolute Gasteiger partial charge is 0.137 e. The maximum atomic E-state index is 7.40. The number of fused-ring (bicyclic) bond motifs is 4. The summed E-state index contributed by atoms with van der Waals surface area (Å²) in [6.45, 7) is 33.3. The van der Waals surface area contributed by atoms with Crippen molar-refractivity contribution < 1.29 is 4.74 Å². The van der Waals surface area contributed by atoms with E-state index >= 15 is 0 Å². The Morgan fingerprint density at radius 2 is 0.929 bits per heavy atom. The molecule has 0 fully saturated rings. The van der Waals surface area contributed by atoms with E-state index in [1.807, 2.05) is 6.20 Å². The summed E-state index contributed by atoms with van der Waals surface area (Å²) in [5, 5.41) is 2.31. The first-order valence-electron chi connectivity index (χ1n) is 30.6. The van der Waals surface area contributed by atoms with E-state index in [2.05, 4.69) is 324 Å². The van der Waals surface area contributed by atoms with Crippen LogP contribution < -0.4 is 14.5 Å². The number of benzene rings is 9. The predicted octanol–water partition coefficient (Wildman–Crippen LogP) is 22.0. The summed E-state index contributed by atoms with van der Waals surface area (Å²) in [7, 11) is 0. The van der Waals surface area contributed by atoms with E-state index in [1.54, 1.807) is 0 Å². The first-order chi connectivity index (χ1) is 40.6. The molecule has 0 aliphatic carbocycles. The van der Waals surface area contributed by atoms with Crippen LogP contribution in [-0.2, 0) is 21.7 Å². The molecular weight excluding hydrogens is 1030 g/mol. The molecular formula is C80H82N4O. The lowest BCUT2D eigenvalue weighted by molar-refractivity contribution is 0.483. The number of hydrogen-bond donors (Lipinski definition) is 0. The minimum Gasteiger partial charge on any atom is -0.457 e. The summed E-state index contributed by atoms with van der Waals surface area (Å²) in [5.41, 5.74) is 21.1. The highest BCUT2D eigenvalue weighted by Crippen LogP contribution is 2.52. The highest BCUT2D eigenvalue weighted by Gasteiger charge is 2.36. The number of nitrogens with zero attached hydrogens (tertiary/aromatic N) is 4. The molecule has 0 amide bonds. The lowest BCUT2D eigenvalue weighted by atomic mass is 9.74. The van der Waals surface area contributed by atoms with Crippen LogP contribution >= 0.6 is 0 Å². The number of anilines is 4. The van der Waals surface area contributed by atoms with Crippen molar-refractivity contribution in [3.63, 3.8) is 0 Å². The first-order valence-corrected chi connectivity index (χ1v) is 30.6. The molecule has 0 saturated heterocycles. The summed E-state index contributed by atoms with van der Waals surface area (Å²) in [6, 6.07) is 78.4. The van der Waals surface area contributed by atoms with Gasteiger partial charge in [0, 0.05) is 51.3 Å². The van der Waals surface area contributed by atoms with Crippen molar-refractivity contribution in [3.05, 3.63) is 263 Å². The van der Waals surface area contributed by atoms with Gasteiger partial charge < -0.3 is 14.5 Å².